The number of rotatable bonds is 4. The second kappa shape index (κ2) is 6.37. The van der Waals surface area contributed by atoms with Crippen molar-refractivity contribution in [2.75, 3.05) is 11.9 Å². The maximum absolute atomic E-state index is 12.0. The monoisotopic (exact) mass is 313 g/mol. The molecule has 7 nitrogen and oxygen atoms in total. The van der Waals surface area contributed by atoms with E-state index in [4.69, 9.17) is 4.42 Å². The van der Waals surface area contributed by atoms with Crippen LogP contribution in [0.3, 0.4) is 0 Å². The molecule has 0 aliphatic rings. The number of aliphatic hydroxyl groups excluding tert-OH is 1. The van der Waals surface area contributed by atoms with Gasteiger partial charge in [0.05, 0.1) is 12.9 Å². The Labute approximate surface area is 131 Å². The number of anilines is 1. The minimum atomic E-state index is -0.852. The number of aromatic amines is 1. The molecule has 4 N–H and O–H groups in total. The zero-order valence-electron chi connectivity index (χ0n) is 12.1. The van der Waals surface area contributed by atoms with Crippen molar-refractivity contribution in [2.45, 2.75) is 6.04 Å². The van der Waals surface area contributed by atoms with Crippen LogP contribution in [0.2, 0.25) is 0 Å². The van der Waals surface area contributed by atoms with Crippen LogP contribution in [0, 0.1) is 0 Å². The number of carbonyl (C=O) groups excluding carboxylic acids is 2. The van der Waals surface area contributed by atoms with Gasteiger partial charge >= 0.3 is 11.8 Å². The molecule has 0 aliphatic heterocycles. The van der Waals surface area contributed by atoms with Crippen molar-refractivity contribution >= 4 is 28.4 Å². The van der Waals surface area contributed by atoms with Crippen molar-refractivity contribution in [1.82, 2.24) is 10.3 Å². The molecule has 2 heterocycles. The standard InChI is InChI=1S/C16H15N3O4/c20-9-13(14-2-1-7-23-14)19-16(22)15(21)18-11-3-4-12-10(8-11)5-6-17-12/h1-8,13,17,20H,9H2,(H,18,21)(H,19,22). The van der Waals surface area contributed by atoms with Crippen LogP contribution in [-0.2, 0) is 9.59 Å². The van der Waals surface area contributed by atoms with Gasteiger partial charge in [-0.3, -0.25) is 9.59 Å². The normalized spacial score (nSPS) is 12.0. The van der Waals surface area contributed by atoms with Gasteiger partial charge in [0.1, 0.15) is 11.8 Å². The van der Waals surface area contributed by atoms with Crippen molar-refractivity contribution < 1.29 is 19.1 Å². The Morgan fingerprint density at radius 3 is 2.83 bits per heavy atom. The summed E-state index contributed by atoms with van der Waals surface area (Å²) in [6.45, 7) is -0.373. The van der Waals surface area contributed by atoms with Crippen LogP contribution < -0.4 is 10.6 Å². The fourth-order valence-corrected chi connectivity index (χ4v) is 2.24. The van der Waals surface area contributed by atoms with Crippen LogP contribution in [0.4, 0.5) is 5.69 Å². The Morgan fingerprint density at radius 1 is 1.22 bits per heavy atom. The van der Waals surface area contributed by atoms with Gasteiger partial charge in [0, 0.05) is 22.8 Å². The lowest BCUT2D eigenvalue weighted by Crippen LogP contribution is -2.38. The molecule has 2 amide bonds. The Morgan fingerprint density at radius 2 is 2.09 bits per heavy atom. The molecule has 1 atom stereocenters. The minimum absolute atomic E-state index is 0.373. The number of aromatic nitrogens is 1. The fourth-order valence-electron chi connectivity index (χ4n) is 2.24. The quantitative estimate of drug-likeness (QED) is 0.548. The second-order valence-corrected chi connectivity index (χ2v) is 4.96. The number of fused-ring (bicyclic) bond motifs is 1. The number of hydrogen-bond donors (Lipinski definition) is 4. The van der Waals surface area contributed by atoms with Crippen molar-refractivity contribution in [3.05, 3.63) is 54.6 Å². The number of aliphatic hydroxyl groups is 1. The summed E-state index contributed by atoms with van der Waals surface area (Å²) in [5, 5.41) is 15.2. The number of H-pyrrole nitrogens is 1. The van der Waals surface area contributed by atoms with E-state index in [1.165, 1.54) is 6.26 Å². The molecule has 0 fully saturated rings. The summed E-state index contributed by atoms with van der Waals surface area (Å²) in [7, 11) is 0. The molecule has 0 saturated carbocycles. The van der Waals surface area contributed by atoms with Crippen LogP contribution in [-0.4, -0.2) is 28.5 Å². The van der Waals surface area contributed by atoms with Crippen molar-refractivity contribution in [3.63, 3.8) is 0 Å². The lowest BCUT2D eigenvalue weighted by atomic mass is 10.2. The van der Waals surface area contributed by atoms with Crippen LogP contribution in [0.5, 0.6) is 0 Å². The molecule has 118 valence electrons. The van der Waals surface area contributed by atoms with E-state index in [9.17, 15) is 14.7 Å². The number of nitrogens with one attached hydrogen (secondary N) is 3. The van der Waals surface area contributed by atoms with Crippen molar-refractivity contribution in [3.8, 4) is 0 Å². The average Bonchev–Trinajstić information content (AvgIpc) is 3.23. The van der Waals surface area contributed by atoms with Gasteiger partial charge in [-0.1, -0.05) is 0 Å². The predicted octanol–water partition coefficient (Wildman–Crippen LogP) is 1.55. The van der Waals surface area contributed by atoms with Gasteiger partial charge in [-0.05, 0) is 36.4 Å². The maximum Gasteiger partial charge on any atom is 0.313 e. The number of benzene rings is 1. The van der Waals surface area contributed by atoms with Gasteiger partial charge in [0.2, 0.25) is 0 Å². The van der Waals surface area contributed by atoms with E-state index in [1.54, 1.807) is 30.5 Å². The van der Waals surface area contributed by atoms with Gasteiger partial charge in [-0.15, -0.1) is 0 Å². The Balaban J connectivity index is 1.66. The summed E-state index contributed by atoms with van der Waals surface area (Å²) in [5.41, 5.74) is 1.45. The summed E-state index contributed by atoms with van der Waals surface area (Å²) in [4.78, 5) is 26.9. The SMILES string of the molecule is O=C(Nc1ccc2[nH]ccc2c1)C(=O)NC(CO)c1ccco1. The van der Waals surface area contributed by atoms with Crippen molar-refractivity contribution in [1.29, 1.82) is 0 Å². The van der Waals surface area contributed by atoms with Crippen LogP contribution in [0.1, 0.15) is 11.8 Å². The van der Waals surface area contributed by atoms with E-state index in [-0.39, 0.29) is 6.61 Å². The van der Waals surface area contributed by atoms with Gasteiger partial charge in [-0.25, -0.2) is 0 Å². The fraction of sp³-hybridized carbons (Fsp3) is 0.125. The first kappa shape index (κ1) is 14.9. The number of carbonyl (C=O) groups is 2. The zero-order valence-corrected chi connectivity index (χ0v) is 12.1. The number of amides is 2. The van der Waals surface area contributed by atoms with E-state index in [0.717, 1.165) is 10.9 Å². The zero-order chi connectivity index (χ0) is 16.2. The first-order chi connectivity index (χ1) is 11.2. The smallest absolute Gasteiger partial charge is 0.313 e. The Bertz CT molecular complexity index is 823. The predicted molar refractivity (Wildman–Crippen MR) is 83.6 cm³/mol. The molecule has 0 spiro atoms. The lowest BCUT2D eigenvalue weighted by Gasteiger charge is -2.13. The molecule has 0 bridgehead atoms. The highest BCUT2D eigenvalue weighted by Gasteiger charge is 2.21. The van der Waals surface area contributed by atoms with E-state index < -0.39 is 17.9 Å². The summed E-state index contributed by atoms with van der Waals surface area (Å²) >= 11 is 0. The molecule has 1 aromatic carbocycles. The van der Waals surface area contributed by atoms with E-state index >= 15 is 0 Å². The first-order valence-electron chi connectivity index (χ1n) is 7.00. The van der Waals surface area contributed by atoms with Crippen LogP contribution >= 0.6 is 0 Å². The van der Waals surface area contributed by atoms with Crippen LogP contribution in [0.25, 0.3) is 10.9 Å². The van der Waals surface area contributed by atoms with Gasteiger partial charge in [0.25, 0.3) is 0 Å². The number of furan rings is 1. The molecule has 2 aromatic heterocycles. The molecule has 23 heavy (non-hydrogen) atoms. The summed E-state index contributed by atoms with van der Waals surface area (Å²) < 4.78 is 5.11. The Kier molecular flexibility index (Phi) is 4.11. The largest absolute Gasteiger partial charge is 0.467 e. The van der Waals surface area contributed by atoms with Gasteiger partial charge < -0.3 is 25.1 Å². The number of hydrogen-bond acceptors (Lipinski definition) is 4. The molecule has 1 unspecified atom stereocenters. The minimum Gasteiger partial charge on any atom is -0.467 e. The molecule has 3 rings (SSSR count). The average molecular weight is 313 g/mol. The third-order valence-electron chi connectivity index (χ3n) is 3.39. The maximum atomic E-state index is 12.0. The summed E-state index contributed by atoms with van der Waals surface area (Å²) in [5.74, 6) is -1.29. The molecule has 0 aliphatic carbocycles. The third kappa shape index (κ3) is 3.24. The Hall–Kier alpha value is -3.06. The van der Waals surface area contributed by atoms with Gasteiger partial charge in [-0.2, -0.15) is 0 Å². The molecule has 3 aromatic rings. The summed E-state index contributed by atoms with van der Waals surface area (Å²) in [6, 6.07) is 9.60. The van der Waals surface area contributed by atoms with Crippen molar-refractivity contribution in [2.24, 2.45) is 0 Å². The molecule has 7 heteroatoms. The van der Waals surface area contributed by atoms with E-state index in [0.29, 0.717) is 11.4 Å². The highest BCUT2D eigenvalue weighted by Crippen LogP contribution is 2.18. The highest BCUT2D eigenvalue weighted by molar-refractivity contribution is 6.39. The topological polar surface area (TPSA) is 107 Å². The first-order valence-corrected chi connectivity index (χ1v) is 7.00. The van der Waals surface area contributed by atoms with Gasteiger partial charge in [0.15, 0.2) is 0 Å². The van der Waals surface area contributed by atoms with E-state index in [1.807, 2.05) is 12.1 Å². The summed E-state index contributed by atoms with van der Waals surface area (Å²) in [6.07, 6.45) is 3.22. The highest BCUT2D eigenvalue weighted by atomic mass is 16.3. The molecular weight excluding hydrogens is 298 g/mol. The lowest BCUT2D eigenvalue weighted by molar-refractivity contribution is -0.136. The second-order valence-electron chi connectivity index (χ2n) is 4.96. The third-order valence-corrected chi connectivity index (χ3v) is 3.39. The molecular formula is C16H15N3O4. The van der Waals surface area contributed by atoms with Crippen LogP contribution in [0.15, 0.2) is 53.3 Å². The molecule has 0 saturated heterocycles. The van der Waals surface area contributed by atoms with E-state index in [2.05, 4.69) is 15.6 Å². The molecule has 0 radical (unpaired) electrons.